The highest BCUT2D eigenvalue weighted by atomic mass is 79.9. The number of alkyl halides is 1. The Hall–Kier alpha value is -1.97. The Labute approximate surface area is 187 Å². The van der Waals surface area contributed by atoms with Gasteiger partial charge in [-0.1, -0.05) is 41.9 Å². The molecule has 2 aromatic rings. The van der Waals surface area contributed by atoms with E-state index in [0.29, 0.717) is 10.9 Å². The largest absolute Gasteiger partial charge is 0.352 e. The van der Waals surface area contributed by atoms with E-state index in [1.165, 1.54) is 12.1 Å². The summed E-state index contributed by atoms with van der Waals surface area (Å²) in [6.07, 6.45) is 0.419. The number of amides is 2. The van der Waals surface area contributed by atoms with Crippen LogP contribution >= 0.6 is 27.5 Å². The van der Waals surface area contributed by atoms with E-state index in [2.05, 4.69) is 21.2 Å². The number of sulfone groups is 1. The standard InChI is InChI=1S/C20H19BrClFN2O4S/c21-16-7-6-15(12-17(16)22)18(26)25-10-11-30(28,29)20(23,13-25)19(27)24-9-8-14-4-2-1-3-5-14/h1-7,12H,8-11,13H2,(H,24,27)/t20-/m1/s1. The average molecular weight is 518 g/mol. The van der Waals surface area contributed by atoms with E-state index in [9.17, 15) is 18.0 Å². The number of halogens is 3. The lowest BCUT2D eigenvalue weighted by Gasteiger charge is -2.36. The average Bonchev–Trinajstić information content (AvgIpc) is 2.72. The van der Waals surface area contributed by atoms with Gasteiger partial charge in [0.05, 0.1) is 17.3 Å². The van der Waals surface area contributed by atoms with Gasteiger partial charge in [-0.15, -0.1) is 0 Å². The Kier molecular flexibility index (Phi) is 6.84. The third-order valence-corrected chi connectivity index (χ3v) is 8.10. The molecule has 10 heteroatoms. The van der Waals surface area contributed by atoms with Gasteiger partial charge in [0.2, 0.25) is 0 Å². The first-order valence-electron chi connectivity index (χ1n) is 9.12. The van der Waals surface area contributed by atoms with Crippen molar-refractivity contribution < 1.29 is 22.4 Å². The predicted octanol–water partition coefficient (Wildman–Crippen LogP) is 3.00. The maximum Gasteiger partial charge on any atom is 0.304 e. The van der Waals surface area contributed by atoms with Crippen LogP contribution in [-0.2, 0) is 21.1 Å². The molecule has 1 fully saturated rings. The Morgan fingerprint density at radius 2 is 1.90 bits per heavy atom. The predicted molar refractivity (Wildman–Crippen MR) is 116 cm³/mol. The highest BCUT2D eigenvalue weighted by Gasteiger charge is 2.55. The fraction of sp³-hybridized carbons (Fsp3) is 0.300. The van der Waals surface area contributed by atoms with E-state index in [1.54, 1.807) is 6.07 Å². The van der Waals surface area contributed by atoms with Crippen LogP contribution in [0.1, 0.15) is 15.9 Å². The van der Waals surface area contributed by atoms with Crippen molar-refractivity contribution in [2.24, 2.45) is 0 Å². The lowest BCUT2D eigenvalue weighted by molar-refractivity contribution is -0.128. The minimum atomic E-state index is -4.39. The molecule has 2 aromatic carbocycles. The van der Waals surface area contributed by atoms with E-state index in [0.717, 1.165) is 10.5 Å². The minimum Gasteiger partial charge on any atom is -0.352 e. The molecule has 0 bridgehead atoms. The molecule has 1 aliphatic rings. The molecule has 1 aliphatic heterocycles. The fourth-order valence-corrected chi connectivity index (χ4v) is 5.03. The molecular formula is C20H19BrClFN2O4S. The van der Waals surface area contributed by atoms with Crippen LogP contribution in [0.25, 0.3) is 0 Å². The first-order valence-corrected chi connectivity index (χ1v) is 11.9. The molecule has 6 nitrogen and oxygen atoms in total. The van der Waals surface area contributed by atoms with Crippen molar-refractivity contribution in [2.75, 3.05) is 25.4 Å². The van der Waals surface area contributed by atoms with Gasteiger partial charge in [0.1, 0.15) is 0 Å². The van der Waals surface area contributed by atoms with Crippen molar-refractivity contribution in [3.05, 3.63) is 69.2 Å². The van der Waals surface area contributed by atoms with Crippen LogP contribution in [0, 0.1) is 0 Å². The van der Waals surface area contributed by atoms with Crippen LogP contribution in [-0.4, -0.2) is 55.5 Å². The molecule has 0 radical (unpaired) electrons. The quantitative estimate of drug-likeness (QED) is 0.661. The van der Waals surface area contributed by atoms with E-state index in [1.807, 2.05) is 30.3 Å². The summed E-state index contributed by atoms with van der Waals surface area (Å²) in [4.78, 5) is 26.3. The third-order valence-electron chi connectivity index (χ3n) is 4.85. The second-order valence-electron chi connectivity index (χ2n) is 6.89. The van der Waals surface area contributed by atoms with Crippen LogP contribution in [0.15, 0.2) is 53.0 Å². The molecule has 1 heterocycles. The molecule has 0 unspecified atom stereocenters. The number of carbonyl (C=O) groups is 2. The molecule has 1 N–H and O–H groups in total. The Balaban J connectivity index is 1.73. The van der Waals surface area contributed by atoms with Crippen molar-refractivity contribution in [3.8, 4) is 0 Å². The van der Waals surface area contributed by atoms with Gasteiger partial charge >= 0.3 is 5.00 Å². The van der Waals surface area contributed by atoms with Gasteiger partial charge in [-0.25, -0.2) is 12.8 Å². The van der Waals surface area contributed by atoms with E-state index in [-0.39, 0.29) is 23.7 Å². The third kappa shape index (κ3) is 4.68. The summed E-state index contributed by atoms with van der Waals surface area (Å²) in [5, 5.41) is -0.569. The van der Waals surface area contributed by atoms with Crippen LogP contribution in [0.5, 0.6) is 0 Å². The topological polar surface area (TPSA) is 83.6 Å². The van der Waals surface area contributed by atoms with E-state index >= 15 is 4.39 Å². The van der Waals surface area contributed by atoms with Crippen LogP contribution in [0.4, 0.5) is 4.39 Å². The highest BCUT2D eigenvalue weighted by molar-refractivity contribution is 9.10. The molecule has 160 valence electrons. The Morgan fingerprint density at radius 3 is 2.57 bits per heavy atom. The molecule has 1 saturated heterocycles. The molecule has 3 rings (SSSR count). The first kappa shape index (κ1) is 22.7. The van der Waals surface area contributed by atoms with Crippen LogP contribution in [0.2, 0.25) is 5.02 Å². The monoisotopic (exact) mass is 516 g/mol. The van der Waals surface area contributed by atoms with Crippen molar-refractivity contribution in [1.29, 1.82) is 0 Å². The zero-order chi connectivity index (χ0) is 21.9. The SMILES string of the molecule is O=C(c1ccc(Br)c(Cl)c1)N1CCS(=O)(=O)[C@@](F)(C(=O)NCCc2ccccc2)C1. The molecule has 0 aliphatic carbocycles. The van der Waals surface area contributed by atoms with Crippen LogP contribution < -0.4 is 5.32 Å². The van der Waals surface area contributed by atoms with Gasteiger partial charge in [0.15, 0.2) is 9.84 Å². The van der Waals surface area contributed by atoms with E-state index < -0.39 is 39.0 Å². The molecule has 2 amide bonds. The number of nitrogens with one attached hydrogen (secondary N) is 1. The summed E-state index contributed by atoms with van der Waals surface area (Å²) in [5.41, 5.74) is 1.09. The lowest BCUT2D eigenvalue weighted by Crippen LogP contribution is -2.62. The van der Waals surface area contributed by atoms with Gasteiger partial charge in [0.25, 0.3) is 11.8 Å². The van der Waals surface area contributed by atoms with E-state index in [4.69, 9.17) is 11.6 Å². The van der Waals surface area contributed by atoms with Crippen molar-refractivity contribution in [2.45, 2.75) is 11.4 Å². The summed E-state index contributed by atoms with van der Waals surface area (Å²) in [6.45, 7) is -1.02. The molecule has 0 saturated carbocycles. The smallest absolute Gasteiger partial charge is 0.304 e. The maximum atomic E-state index is 15.5. The summed E-state index contributed by atoms with van der Waals surface area (Å²) in [5.74, 6) is -2.51. The summed E-state index contributed by atoms with van der Waals surface area (Å²) in [6, 6.07) is 13.6. The molecule has 1 atom stereocenters. The van der Waals surface area contributed by atoms with Gasteiger partial charge in [-0.3, -0.25) is 9.59 Å². The Bertz CT molecular complexity index is 1070. The van der Waals surface area contributed by atoms with Gasteiger partial charge in [-0.05, 0) is 46.1 Å². The number of carbonyl (C=O) groups excluding carboxylic acids is 2. The second-order valence-corrected chi connectivity index (χ2v) is 10.4. The normalized spacial score (nSPS) is 20.6. The van der Waals surface area contributed by atoms with Crippen LogP contribution in [0.3, 0.4) is 0 Å². The van der Waals surface area contributed by atoms with Crippen molar-refractivity contribution in [1.82, 2.24) is 10.2 Å². The molecule has 0 aromatic heterocycles. The number of hydrogen-bond acceptors (Lipinski definition) is 4. The van der Waals surface area contributed by atoms with Crippen molar-refractivity contribution >= 4 is 49.2 Å². The highest BCUT2D eigenvalue weighted by Crippen LogP contribution is 2.29. The minimum absolute atomic E-state index is 0.0697. The number of benzene rings is 2. The summed E-state index contributed by atoms with van der Waals surface area (Å²) in [7, 11) is -4.39. The second kappa shape index (κ2) is 9.03. The summed E-state index contributed by atoms with van der Waals surface area (Å²) < 4.78 is 40.9. The summed E-state index contributed by atoms with van der Waals surface area (Å²) >= 11 is 9.22. The zero-order valence-electron chi connectivity index (χ0n) is 15.8. The number of hydrogen-bond donors (Lipinski definition) is 1. The molecular weight excluding hydrogens is 499 g/mol. The molecule has 0 spiro atoms. The van der Waals surface area contributed by atoms with Gasteiger partial charge < -0.3 is 10.2 Å². The Morgan fingerprint density at radius 1 is 1.20 bits per heavy atom. The number of nitrogens with zero attached hydrogens (tertiary/aromatic N) is 1. The maximum absolute atomic E-state index is 15.5. The van der Waals surface area contributed by atoms with Crippen molar-refractivity contribution in [3.63, 3.8) is 0 Å². The fourth-order valence-electron chi connectivity index (χ4n) is 3.11. The van der Waals surface area contributed by atoms with Gasteiger partial charge in [-0.2, -0.15) is 0 Å². The molecule has 30 heavy (non-hydrogen) atoms. The lowest BCUT2D eigenvalue weighted by atomic mass is 10.1. The van der Waals surface area contributed by atoms with Gasteiger partial charge in [0, 0.05) is 23.1 Å². The zero-order valence-corrected chi connectivity index (χ0v) is 18.9. The number of rotatable bonds is 5. The first-order chi connectivity index (χ1) is 14.1.